The molecule has 2 aromatic heterocycles. The molecule has 22 heavy (non-hydrogen) atoms. The van der Waals surface area contributed by atoms with Gasteiger partial charge in [-0.25, -0.2) is 4.98 Å². The monoisotopic (exact) mass is 294 g/mol. The van der Waals surface area contributed by atoms with Gasteiger partial charge < -0.3 is 15.8 Å². The Morgan fingerprint density at radius 2 is 1.95 bits per heavy atom. The third-order valence-corrected chi connectivity index (χ3v) is 3.16. The zero-order valence-corrected chi connectivity index (χ0v) is 11.9. The molecule has 0 unspecified atom stereocenters. The minimum atomic E-state index is -0.260. The van der Waals surface area contributed by atoms with E-state index in [-0.39, 0.29) is 5.91 Å². The Morgan fingerprint density at radius 1 is 1.18 bits per heavy atom. The van der Waals surface area contributed by atoms with Gasteiger partial charge in [0.15, 0.2) is 0 Å². The summed E-state index contributed by atoms with van der Waals surface area (Å²) in [7, 11) is 1.56. The average Bonchev–Trinajstić information content (AvgIpc) is 2.56. The van der Waals surface area contributed by atoms with Crippen LogP contribution in [0.4, 0.5) is 5.69 Å². The minimum Gasteiger partial charge on any atom is -0.457 e. The van der Waals surface area contributed by atoms with Gasteiger partial charge in [-0.3, -0.25) is 9.78 Å². The summed E-state index contributed by atoms with van der Waals surface area (Å²) in [5.41, 5.74) is 7.29. The van der Waals surface area contributed by atoms with Gasteiger partial charge >= 0.3 is 0 Å². The number of pyridine rings is 2. The van der Waals surface area contributed by atoms with E-state index in [2.05, 4.69) is 15.3 Å². The van der Waals surface area contributed by atoms with Crippen LogP contribution >= 0.6 is 0 Å². The van der Waals surface area contributed by atoms with Crippen LogP contribution in [0.1, 0.15) is 10.5 Å². The number of nitrogens with two attached hydrogens (primary N) is 1. The van der Waals surface area contributed by atoms with Crippen molar-refractivity contribution in [2.75, 3.05) is 12.8 Å². The Morgan fingerprint density at radius 3 is 2.68 bits per heavy atom. The second-order valence-electron chi connectivity index (χ2n) is 4.65. The molecule has 3 rings (SSSR count). The fourth-order valence-electron chi connectivity index (χ4n) is 2.03. The van der Waals surface area contributed by atoms with Crippen LogP contribution in [0, 0.1) is 0 Å². The van der Waals surface area contributed by atoms with Crippen molar-refractivity contribution in [3.05, 3.63) is 54.5 Å². The summed E-state index contributed by atoms with van der Waals surface area (Å²) in [5.74, 6) is 0.992. The first kappa shape index (κ1) is 13.8. The lowest BCUT2D eigenvalue weighted by atomic mass is 10.2. The Balaban J connectivity index is 2.04. The zero-order valence-electron chi connectivity index (χ0n) is 11.9. The molecule has 0 aliphatic rings. The lowest BCUT2D eigenvalue weighted by Crippen LogP contribution is -2.19. The second-order valence-corrected chi connectivity index (χ2v) is 4.65. The number of rotatable bonds is 3. The number of carbonyl (C=O) groups excluding carboxylic acids is 1. The number of nitrogens with zero attached hydrogens (tertiary/aromatic N) is 2. The van der Waals surface area contributed by atoms with Crippen LogP contribution in [-0.2, 0) is 0 Å². The first-order chi connectivity index (χ1) is 10.7. The summed E-state index contributed by atoms with van der Waals surface area (Å²) in [5, 5.41) is 3.26. The summed E-state index contributed by atoms with van der Waals surface area (Å²) in [6.07, 6.45) is 3.19. The molecular weight excluding hydrogens is 280 g/mol. The molecule has 3 N–H and O–H groups in total. The summed E-state index contributed by atoms with van der Waals surface area (Å²) < 4.78 is 5.86. The Hall–Kier alpha value is -3.15. The van der Waals surface area contributed by atoms with Crippen molar-refractivity contribution >= 4 is 22.5 Å². The van der Waals surface area contributed by atoms with Gasteiger partial charge in [-0.2, -0.15) is 0 Å². The molecule has 6 heteroatoms. The number of nitrogen functional groups attached to an aromatic ring is 1. The number of nitrogens with one attached hydrogen (secondary N) is 1. The van der Waals surface area contributed by atoms with Crippen LogP contribution in [0.15, 0.2) is 48.8 Å². The van der Waals surface area contributed by atoms with E-state index in [1.165, 1.54) is 0 Å². The number of benzene rings is 1. The molecule has 0 saturated carbocycles. The van der Waals surface area contributed by atoms with Gasteiger partial charge in [0.1, 0.15) is 17.2 Å². The van der Waals surface area contributed by atoms with E-state index in [0.717, 1.165) is 0 Å². The molecule has 0 radical (unpaired) electrons. The molecule has 0 bridgehead atoms. The molecule has 0 saturated heterocycles. The largest absolute Gasteiger partial charge is 0.457 e. The molecule has 2 heterocycles. The lowest BCUT2D eigenvalue weighted by Gasteiger charge is -2.09. The smallest absolute Gasteiger partial charge is 0.269 e. The SMILES string of the molecule is CNC(=O)c1cc2c(Oc3ccc(N)cc3)ccnc2cn1. The van der Waals surface area contributed by atoms with Crippen LogP contribution in [0.5, 0.6) is 11.5 Å². The highest BCUT2D eigenvalue weighted by Crippen LogP contribution is 2.29. The van der Waals surface area contributed by atoms with Crippen molar-refractivity contribution in [3.8, 4) is 11.5 Å². The standard InChI is InChI=1S/C16H14N4O2/c1-18-16(21)13-8-12-14(9-20-13)19-7-6-15(12)22-11-4-2-10(17)3-5-11/h2-9H,17H2,1H3,(H,18,21). The normalized spacial score (nSPS) is 10.4. The van der Waals surface area contributed by atoms with E-state index < -0.39 is 0 Å². The number of aromatic nitrogens is 2. The molecular formula is C16H14N4O2. The van der Waals surface area contributed by atoms with E-state index in [1.54, 1.807) is 55.8 Å². The van der Waals surface area contributed by atoms with E-state index in [4.69, 9.17) is 10.5 Å². The molecule has 1 amide bonds. The first-order valence-electron chi connectivity index (χ1n) is 6.67. The topological polar surface area (TPSA) is 90.1 Å². The summed E-state index contributed by atoms with van der Waals surface area (Å²) in [4.78, 5) is 20.0. The predicted molar refractivity (Wildman–Crippen MR) is 83.9 cm³/mol. The van der Waals surface area contributed by atoms with Crippen LogP contribution in [0.25, 0.3) is 10.9 Å². The number of hydrogen-bond acceptors (Lipinski definition) is 5. The van der Waals surface area contributed by atoms with Crippen LogP contribution in [0.2, 0.25) is 0 Å². The molecule has 110 valence electrons. The van der Waals surface area contributed by atoms with Crippen molar-refractivity contribution in [1.29, 1.82) is 0 Å². The van der Waals surface area contributed by atoms with Crippen molar-refractivity contribution in [3.63, 3.8) is 0 Å². The van der Waals surface area contributed by atoms with Crippen molar-refractivity contribution < 1.29 is 9.53 Å². The zero-order chi connectivity index (χ0) is 15.5. The van der Waals surface area contributed by atoms with Gasteiger partial charge in [0.25, 0.3) is 5.91 Å². The minimum absolute atomic E-state index is 0.260. The molecule has 6 nitrogen and oxygen atoms in total. The predicted octanol–water partition coefficient (Wildman–Crippen LogP) is 2.36. The third kappa shape index (κ3) is 2.67. The third-order valence-electron chi connectivity index (χ3n) is 3.16. The quantitative estimate of drug-likeness (QED) is 0.724. The summed E-state index contributed by atoms with van der Waals surface area (Å²) in [6, 6.07) is 10.5. The maximum atomic E-state index is 11.7. The van der Waals surface area contributed by atoms with Gasteiger partial charge in [0.05, 0.1) is 11.7 Å². The van der Waals surface area contributed by atoms with Crippen LogP contribution in [-0.4, -0.2) is 22.9 Å². The molecule has 0 aliphatic heterocycles. The summed E-state index contributed by atoms with van der Waals surface area (Å²) >= 11 is 0. The molecule has 0 spiro atoms. The number of fused-ring (bicyclic) bond motifs is 1. The highest BCUT2D eigenvalue weighted by Gasteiger charge is 2.10. The number of carbonyl (C=O) groups is 1. The second kappa shape index (κ2) is 5.69. The molecule has 0 aliphatic carbocycles. The number of hydrogen-bond donors (Lipinski definition) is 2. The Labute approximate surface area is 127 Å². The summed E-state index contributed by atoms with van der Waals surface area (Å²) in [6.45, 7) is 0. The fourth-order valence-corrected chi connectivity index (χ4v) is 2.03. The molecule has 0 atom stereocenters. The maximum Gasteiger partial charge on any atom is 0.269 e. The van der Waals surface area contributed by atoms with E-state index in [0.29, 0.717) is 33.8 Å². The number of anilines is 1. The van der Waals surface area contributed by atoms with Crippen molar-refractivity contribution in [1.82, 2.24) is 15.3 Å². The first-order valence-corrected chi connectivity index (χ1v) is 6.67. The fraction of sp³-hybridized carbons (Fsp3) is 0.0625. The van der Waals surface area contributed by atoms with Crippen LogP contribution in [0.3, 0.4) is 0 Å². The van der Waals surface area contributed by atoms with Crippen molar-refractivity contribution in [2.45, 2.75) is 0 Å². The Kier molecular flexibility index (Phi) is 3.57. The Bertz CT molecular complexity index is 831. The van der Waals surface area contributed by atoms with Gasteiger partial charge in [-0.15, -0.1) is 0 Å². The average molecular weight is 294 g/mol. The van der Waals surface area contributed by atoms with Gasteiger partial charge in [0, 0.05) is 24.3 Å². The highest BCUT2D eigenvalue weighted by molar-refractivity contribution is 5.96. The van der Waals surface area contributed by atoms with E-state index in [9.17, 15) is 4.79 Å². The van der Waals surface area contributed by atoms with Crippen LogP contribution < -0.4 is 15.8 Å². The van der Waals surface area contributed by atoms with E-state index >= 15 is 0 Å². The highest BCUT2D eigenvalue weighted by atomic mass is 16.5. The van der Waals surface area contributed by atoms with Gasteiger partial charge in [-0.05, 0) is 36.4 Å². The molecule has 3 aromatic rings. The van der Waals surface area contributed by atoms with Gasteiger partial charge in [-0.1, -0.05) is 0 Å². The molecule has 0 fully saturated rings. The van der Waals surface area contributed by atoms with Gasteiger partial charge in [0.2, 0.25) is 0 Å². The molecule has 1 aromatic carbocycles. The number of ether oxygens (including phenoxy) is 1. The maximum absolute atomic E-state index is 11.7. The lowest BCUT2D eigenvalue weighted by molar-refractivity contribution is 0.0958. The van der Waals surface area contributed by atoms with E-state index in [1.807, 2.05) is 0 Å². The number of amides is 1. The van der Waals surface area contributed by atoms with Crippen molar-refractivity contribution in [2.24, 2.45) is 0 Å².